The second-order valence-corrected chi connectivity index (χ2v) is 3.46. The highest BCUT2D eigenvalue weighted by atomic mass is 35.5. The number of rotatable bonds is 3. The Bertz CT molecular complexity index is 247. The topological polar surface area (TPSA) is 50.9 Å². The van der Waals surface area contributed by atoms with Gasteiger partial charge in [0.15, 0.2) is 0 Å². The van der Waals surface area contributed by atoms with E-state index in [9.17, 15) is 0 Å². The lowest BCUT2D eigenvalue weighted by Gasteiger charge is -2.08. The average molecular weight is 190 g/mol. The Kier molecular flexibility index (Phi) is 3.05. The first kappa shape index (κ1) is 9.48. The summed E-state index contributed by atoms with van der Waals surface area (Å²) in [4.78, 5) is 0. The van der Waals surface area contributed by atoms with E-state index in [1.807, 2.05) is 6.92 Å². The van der Waals surface area contributed by atoms with E-state index >= 15 is 0 Å². The van der Waals surface area contributed by atoms with Gasteiger partial charge in [-0.1, -0.05) is 5.21 Å². The Balaban J connectivity index is 2.77. The molecule has 12 heavy (non-hydrogen) atoms. The Hall–Kier alpha value is -0.610. The smallest absolute Gasteiger partial charge is 0.0764 e. The van der Waals surface area contributed by atoms with Crippen LogP contribution < -0.4 is 0 Å². The van der Waals surface area contributed by atoms with Gasteiger partial charge in [0.1, 0.15) is 0 Å². The Morgan fingerprint density at radius 3 is 2.83 bits per heavy atom. The molecule has 0 saturated heterocycles. The monoisotopic (exact) mass is 189 g/mol. The summed E-state index contributed by atoms with van der Waals surface area (Å²) in [6, 6.07) is 0. The number of aliphatic hydroxyl groups excluding tert-OH is 1. The lowest BCUT2D eigenvalue weighted by Crippen LogP contribution is -2.15. The molecule has 0 saturated carbocycles. The number of hydrogen-bond donors (Lipinski definition) is 1. The maximum atomic E-state index is 9.10. The standard InChI is InChI=1S/C7H12ClN3O/c1-5(12)4-11-7(6(2)8)3-9-10-11/h3,5-6,12H,4H2,1-2H3. The SMILES string of the molecule is CC(O)Cn1nncc1C(C)Cl. The molecule has 0 aromatic carbocycles. The van der Waals surface area contributed by atoms with Crippen molar-refractivity contribution >= 4 is 11.6 Å². The van der Waals surface area contributed by atoms with Crippen LogP contribution in [0.3, 0.4) is 0 Å². The van der Waals surface area contributed by atoms with Crippen LogP contribution in [0.15, 0.2) is 6.20 Å². The third kappa shape index (κ3) is 2.19. The molecule has 1 heterocycles. The summed E-state index contributed by atoms with van der Waals surface area (Å²) in [6.45, 7) is 3.98. The van der Waals surface area contributed by atoms with E-state index in [1.54, 1.807) is 17.8 Å². The van der Waals surface area contributed by atoms with Gasteiger partial charge in [-0.15, -0.1) is 16.7 Å². The molecule has 1 aromatic heterocycles. The zero-order valence-corrected chi connectivity index (χ0v) is 7.86. The third-order valence-electron chi connectivity index (χ3n) is 1.49. The molecule has 0 amide bonds. The largest absolute Gasteiger partial charge is 0.391 e. The van der Waals surface area contributed by atoms with Crippen LogP contribution in [-0.4, -0.2) is 26.2 Å². The number of aliphatic hydroxyl groups is 1. The minimum absolute atomic E-state index is 0.126. The van der Waals surface area contributed by atoms with E-state index in [2.05, 4.69) is 10.3 Å². The van der Waals surface area contributed by atoms with Crippen molar-refractivity contribution in [1.29, 1.82) is 0 Å². The van der Waals surface area contributed by atoms with Crippen LogP contribution in [0.2, 0.25) is 0 Å². The summed E-state index contributed by atoms with van der Waals surface area (Å²) in [5, 5.41) is 16.5. The van der Waals surface area contributed by atoms with Crippen molar-refractivity contribution in [1.82, 2.24) is 15.0 Å². The van der Waals surface area contributed by atoms with Gasteiger partial charge in [0.05, 0.1) is 29.9 Å². The summed E-state index contributed by atoms with van der Waals surface area (Å²) in [5.74, 6) is 0. The van der Waals surface area contributed by atoms with Crippen LogP contribution in [0.1, 0.15) is 24.9 Å². The zero-order valence-electron chi connectivity index (χ0n) is 7.11. The molecule has 1 N–H and O–H groups in total. The summed E-state index contributed by atoms with van der Waals surface area (Å²) < 4.78 is 1.61. The molecule has 0 bridgehead atoms. The van der Waals surface area contributed by atoms with E-state index < -0.39 is 6.10 Å². The summed E-state index contributed by atoms with van der Waals surface area (Å²) >= 11 is 5.85. The highest BCUT2D eigenvalue weighted by molar-refractivity contribution is 6.20. The van der Waals surface area contributed by atoms with Gasteiger partial charge in [0.25, 0.3) is 0 Å². The number of halogens is 1. The quantitative estimate of drug-likeness (QED) is 0.721. The Morgan fingerprint density at radius 1 is 1.67 bits per heavy atom. The molecule has 0 aliphatic rings. The fourth-order valence-corrected chi connectivity index (χ4v) is 1.13. The second-order valence-electron chi connectivity index (χ2n) is 2.81. The molecular weight excluding hydrogens is 178 g/mol. The van der Waals surface area contributed by atoms with E-state index in [0.29, 0.717) is 6.54 Å². The first-order valence-electron chi connectivity index (χ1n) is 3.81. The zero-order chi connectivity index (χ0) is 9.14. The number of hydrogen-bond acceptors (Lipinski definition) is 3. The van der Waals surface area contributed by atoms with Crippen LogP contribution >= 0.6 is 11.6 Å². The Labute approximate surface area is 76.1 Å². The van der Waals surface area contributed by atoms with Gasteiger partial charge in [-0.2, -0.15) is 0 Å². The van der Waals surface area contributed by atoms with E-state index in [1.165, 1.54) is 0 Å². The minimum atomic E-state index is -0.430. The fraction of sp³-hybridized carbons (Fsp3) is 0.714. The highest BCUT2D eigenvalue weighted by Gasteiger charge is 2.10. The molecule has 0 fully saturated rings. The van der Waals surface area contributed by atoms with Gasteiger partial charge in [-0.25, -0.2) is 4.68 Å². The van der Waals surface area contributed by atoms with Crippen molar-refractivity contribution in [2.45, 2.75) is 31.9 Å². The molecule has 0 spiro atoms. The number of nitrogens with zero attached hydrogens (tertiary/aromatic N) is 3. The van der Waals surface area contributed by atoms with E-state index in [-0.39, 0.29) is 5.38 Å². The van der Waals surface area contributed by atoms with Crippen molar-refractivity contribution in [2.24, 2.45) is 0 Å². The molecule has 4 nitrogen and oxygen atoms in total. The van der Waals surface area contributed by atoms with Gasteiger partial charge in [0, 0.05) is 0 Å². The van der Waals surface area contributed by atoms with Crippen molar-refractivity contribution in [3.05, 3.63) is 11.9 Å². The highest BCUT2D eigenvalue weighted by Crippen LogP contribution is 2.17. The number of alkyl halides is 1. The summed E-state index contributed by atoms with van der Waals surface area (Å²) in [5.41, 5.74) is 0.831. The van der Waals surface area contributed by atoms with Gasteiger partial charge < -0.3 is 5.11 Å². The van der Waals surface area contributed by atoms with Gasteiger partial charge in [-0.3, -0.25) is 0 Å². The van der Waals surface area contributed by atoms with Crippen LogP contribution in [0, 0.1) is 0 Å². The first-order valence-corrected chi connectivity index (χ1v) is 4.25. The van der Waals surface area contributed by atoms with Crippen LogP contribution in [-0.2, 0) is 6.54 Å². The maximum absolute atomic E-state index is 9.10. The van der Waals surface area contributed by atoms with Crippen LogP contribution in [0.25, 0.3) is 0 Å². The maximum Gasteiger partial charge on any atom is 0.0764 e. The lowest BCUT2D eigenvalue weighted by atomic mass is 10.3. The van der Waals surface area contributed by atoms with E-state index in [0.717, 1.165) is 5.69 Å². The fourth-order valence-electron chi connectivity index (χ4n) is 0.966. The molecule has 2 unspecified atom stereocenters. The van der Waals surface area contributed by atoms with E-state index in [4.69, 9.17) is 16.7 Å². The van der Waals surface area contributed by atoms with Crippen LogP contribution in [0.5, 0.6) is 0 Å². The first-order chi connectivity index (χ1) is 5.61. The number of aromatic nitrogens is 3. The molecular formula is C7H12ClN3O. The van der Waals surface area contributed by atoms with Gasteiger partial charge in [-0.05, 0) is 13.8 Å². The second kappa shape index (κ2) is 3.87. The van der Waals surface area contributed by atoms with Crippen molar-refractivity contribution in [3.63, 3.8) is 0 Å². The average Bonchev–Trinajstić information content (AvgIpc) is 2.33. The normalized spacial score (nSPS) is 16.0. The molecule has 0 aliphatic heterocycles. The summed E-state index contributed by atoms with van der Waals surface area (Å²) in [7, 11) is 0. The molecule has 1 aromatic rings. The Morgan fingerprint density at radius 2 is 2.33 bits per heavy atom. The van der Waals surface area contributed by atoms with Gasteiger partial charge in [0.2, 0.25) is 0 Å². The van der Waals surface area contributed by atoms with Crippen molar-refractivity contribution < 1.29 is 5.11 Å². The third-order valence-corrected chi connectivity index (χ3v) is 1.72. The van der Waals surface area contributed by atoms with Crippen molar-refractivity contribution in [2.75, 3.05) is 0 Å². The van der Waals surface area contributed by atoms with Gasteiger partial charge >= 0.3 is 0 Å². The predicted molar refractivity (Wildman–Crippen MR) is 46.0 cm³/mol. The lowest BCUT2D eigenvalue weighted by molar-refractivity contribution is 0.166. The molecule has 1 rings (SSSR count). The van der Waals surface area contributed by atoms with Crippen LogP contribution in [0.4, 0.5) is 0 Å². The molecule has 5 heteroatoms. The van der Waals surface area contributed by atoms with Crippen molar-refractivity contribution in [3.8, 4) is 0 Å². The minimum Gasteiger partial charge on any atom is -0.391 e. The molecule has 0 aliphatic carbocycles. The molecule has 68 valence electrons. The molecule has 0 radical (unpaired) electrons. The molecule has 2 atom stereocenters. The predicted octanol–water partition coefficient (Wildman–Crippen LogP) is 0.959. The summed E-state index contributed by atoms with van der Waals surface area (Å²) in [6.07, 6.45) is 1.18.